The SMILES string of the molecule is CCc1nn(C)c(COCc2cccc(Cl)c2)c1Br. The van der Waals surface area contributed by atoms with Crippen LogP contribution in [0.2, 0.25) is 5.02 Å². The number of ether oxygens (including phenoxy) is 1. The second-order valence-electron chi connectivity index (χ2n) is 4.31. The molecule has 3 nitrogen and oxygen atoms in total. The lowest BCUT2D eigenvalue weighted by Gasteiger charge is -2.06. The molecule has 2 aromatic rings. The largest absolute Gasteiger partial charge is 0.370 e. The van der Waals surface area contributed by atoms with Gasteiger partial charge in [-0.1, -0.05) is 30.7 Å². The van der Waals surface area contributed by atoms with E-state index in [2.05, 4.69) is 28.0 Å². The summed E-state index contributed by atoms with van der Waals surface area (Å²) in [4.78, 5) is 0. The third-order valence-corrected chi connectivity index (χ3v) is 4.05. The zero-order valence-electron chi connectivity index (χ0n) is 11.0. The van der Waals surface area contributed by atoms with Gasteiger partial charge in [-0.25, -0.2) is 0 Å². The molecule has 0 bridgehead atoms. The van der Waals surface area contributed by atoms with E-state index in [0.29, 0.717) is 13.2 Å². The van der Waals surface area contributed by atoms with Gasteiger partial charge in [0, 0.05) is 12.1 Å². The van der Waals surface area contributed by atoms with Gasteiger partial charge in [0.15, 0.2) is 0 Å². The van der Waals surface area contributed by atoms with Gasteiger partial charge < -0.3 is 4.74 Å². The number of hydrogen-bond acceptors (Lipinski definition) is 2. The topological polar surface area (TPSA) is 27.1 Å². The van der Waals surface area contributed by atoms with E-state index in [1.807, 2.05) is 36.0 Å². The van der Waals surface area contributed by atoms with Crippen LogP contribution < -0.4 is 0 Å². The fourth-order valence-electron chi connectivity index (χ4n) is 1.87. The summed E-state index contributed by atoms with van der Waals surface area (Å²) in [6.45, 7) is 3.15. The van der Waals surface area contributed by atoms with Gasteiger partial charge in [-0.2, -0.15) is 5.10 Å². The van der Waals surface area contributed by atoms with Gasteiger partial charge in [-0.05, 0) is 40.0 Å². The first-order valence-corrected chi connectivity index (χ1v) is 7.31. The molecule has 0 saturated carbocycles. The van der Waals surface area contributed by atoms with E-state index in [-0.39, 0.29) is 0 Å². The second-order valence-corrected chi connectivity index (χ2v) is 5.54. The molecule has 0 saturated heterocycles. The van der Waals surface area contributed by atoms with E-state index in [0.717, 1.165) is 32.9 Å². The number of nitrogens with zero attached hydrogens (tertiary/aromatic N) is 2. The fourth-order valence-corrected chi connectivity index (χ4v) is 2.81. The molecule has 0 atom stereocenters. The van der Waals surface area contributed by atoms with Crippen molar-refractivity contribution >= 4 is 27.5 Å². The molecule has 0 aliphatic carbocycles. The van der Waals surface area contributed by atoms with Gasteiger partial charge in [-0.15, -0.1) is 0 Å². The maximum Gasteiger partial charge on any atom is 0.0900 e. The lowest BCUT2D eigenvalue weighted by Crippen LogP contribution is -2.02. The van der Waals surface area contributed by atoms with Crippen LogP contribution in [0.3, 0.4) is 0 Å². The third kappa shape index (κ3) is 3.59. The molecular weight excluding hydrogens is 328 g/mol. The molecule has 1 heterocycles. The summed E-state index contributed by atoms with van der Waals surface area (Å²) in [5.74, 6) is 0. The summed E-state index contributed by atoms with van der Waals surface area (Å²) in [6, 6.07) is 7.70. The molecule has 0 fully saturated rings. The van der Waals surface area contributed by atoms with Crippen molar-refractivity contribution in [2.75, 3.05) is 0 Å². The molecule has 0 N–H and O–H groups in total. The van der Waals surface area contributed by atoms with Gasteiger partial charge in [-0.3, -0.25) is 4.68 Å². The van der Waals surface area contributed by atoms with Crippen molar-refractivity contribution in [3.8, 4) is 0 Å². The highest BCUT2D eigenvalue weighted by Gasteiger charge is 2.12. The number of halogens is 2. The quantitative estimate of drug-likeness (QED) is 0.816. The van der Waals surface area contributed by atoms with E-state index in [1.54, 1.807) is 0 Å². The van der Waals surface area contributed by atoms with Crippen molar-refractivity contribution < 1.29 is 4.74 Å². The van der Waals surface area contributed by atoms with Crippen LogP contribution in [0.15, 0.2) is 28.7 Å². The Morgan fingerprint density at radius 2 is 2.16 bits per heavy atom. The number of hydrogen-bond donors (Lipinski definition) is 0. The lowest BCUT2D eigenvalue weighted by atomic mass is 10.2. The maximum absolute atomic E-state index is 5.94. The van der Waals surface area contributed by atoms with Gasteiger partial charge in [0.1, 0.15) is 0 Å². The smallest absolute Gasteiger partial charge is 0.0900 e. The highest BCUT2D eigenvalue weighted by Crippen LogP contribution is 2.22. The Kier molecular flexibility index (Phi) is 5.02. The van der Waals surface area contributed by atoms with Crippen LogP contribution in [-0.2, 0) is 31.4 Å². The molecule has 19 heavy (non-hydrogen) atoms. The zero-order valence-corrected chi connectivity index (χ0v) is 13.3. The Balaban J connectivity index is 1.98. The summed E-state index contributed by atoms with van der Waals surface area (Å²) in [5.41, 5.74) is 3.18. The molecule has 1 aromatic carbocycles. The molecule has 0 aliphatic heterocycles. The molecular formula is C14H16BrClN2O. The predicted molar refractivity (Wildman–Crippen MR) is 80.2 cm³/mol. The van der Waals surface area contributed by atoms with Crippen LogP contribution >= 0.6 is 27.5 Å². The molecule has 5 heteroatoms. The van der Waals surface area contributed by atoms with Crippen molar-refractivity contribution in [2.24, 2.45) is 7.05 Å². The Hall–Kier alpha value is -0.840. The van der Waals surface area contributed by atoms with Gasteiger partial charge in [0.25, 0.3) is 0 Å². The van der Waals surface area contributed by atoms with Crippen LogP contribution in [-0.4, -0.2) is 9.78 Å². The van der Waals surface area contributed by atoms with Crippen molar-refractivity contribution in [1.82, 2.24) is 9.78 Å². The summed E-state index contributed by atoms with van der Waals surface area (Å²) in [5, 5.41) is 5.17. The minimum absolute atomic E-state index is 0.524. The number of benzene rings is 1. The fraction of sp³-hybridized carbons (Fsp3) is 0.357. The maximum atomic E-state index is 5.94. The monoisotopic (exact) mass is 342 g/mol. The summed E-state index contributed by atoms with van der Waals surface area (Å²) in [7, 11) is 1.93. The molecule has 0 unspecified atom stereocenters. The second kappa shape index (κ2) is 6.55. The average molecular weight is 344 g/mol. The Bertz CT molecular complexity index is 569. The van der Waals surface area contributed by atoms with E-state index in [1.165, 1.54) is 0 Å². The van der Waals surface area contributed by atoms with Crippen LogP contribution in [0.5, 0.6) is 0 Å². The van der Waals surface area contributed by atoms with Crippen LogP contribution in [0.4, 0.5) is 0 Å². The van der Waals surface area contributed by atoms with E-state index in [9.17, 15) is 0 Å². The summed E-state index contributed by atoms with van der Waals surface area (Å²) in [6.07, 6.45) is 0.905. The summed E-state index contributed by atoms with van der Waals surface area (Å²) >= 11 is 9.51. The van der Waals surface area contributed by atoms with Crippen LogP contribution in [0.25, 0.3) is 0 Å². The van der Waals surface area contributed by atoms with Gasteiger partial charge in [0.2, 0.25) is 0 Å². The predicted octanol–water partition coefficient (Wildman–Crippen LogP) is 4.12. The molecule has 0 spiro atoms. The van der Waals surface area contributed by atoms with Crippen molar-refractivity contribution in [2.45, 2.75) is 26.6 Å². The molecule has 2 rings (SSSR count). The van der Waals surface area contributed by atoms with E-state index >= 15 is 0 Å². The minimum atomic E-state index is 0.524. The number of aryl methyl sites for hydroxylation is 2. The van der Waals surface area contributed by atoms with Crippen LogP contribution in [0, 0.1) is 0 Å². The standard InChI is InChI=1S/C14H16BrClN2O/c1-3-12-14(15)13(18(2)17-12)9-19-8-10-5-4-6-11(16)7-10/h4-7H,3,8-9H2,1-2H3. The van der Waals surface area contributed by atoms with Crippen LogP contribution in [0.1, 0.15) is 23.9 Å². The van der Waals surface area contributed by atoms with Gasteiger partial charge in [0.05, 0.1) is 29.1 Å². The van der Waals surface area contributed by atoms with Gasteiger partial charge >= 0.3 is 0 Å². The lowest BCUT2D eigenvalue weighted by molar-refractivity contribution is 0.102. The highest BCUT2D eigenvalue weighted by molar-refractivity contribution is 9.10. The average Bonchev–Trinajstić information content (AvgIpc) is 2.66. The van der Waals surface area contributed by atoms with E-state index < -0.39 is 0 Å². The first kappa shape index (κ1) is 14.6. The molecule has 102 valence electrons. The molecule has 0 amide bonds. The van der Waals surface area contributed by atoms with Crippen molar-refractivity contribution in [1.29, 1.82) is 0 Å². The Labute approximate surface area is 126 Å². The first-order valence-electron chi connectivity index (χ1n) is 6.14. The van der Waals surface area contributed by atoms with Crippen molar-refractivity contribution in [3.05, 3.63) is 50.7 Å². The summed E-state index contributed by atoms with van der Waals surface area (Å²) < 4.78 is 8.64. The third-order valence-electron chi connectivity index (χ3n) is 2.90. The highest BCUT2D eigenvalue weighted by atomic mass is 79.9. The Morgan fingerprint density at radius 1 is 1.37 bits per heavy atom. The van der Waals surface area contributed by atoms with E-state index in [4.69, 9.17) is 16.3 Å². The van der Waals surface area contributed by atoms with Crippen molar-refractivity contribution in [3.63, 3.8) is 0 Å². The first-order chi connectivity index (χ1) is 9.11. The molecule has 0 radical (unpaired) electrons. The zero-order chi connectivity index (χ0) is 13.8. The minimum Gasteiger partial charge on any atom is -0.370 e. The molecule has 0 aliphatic rings. The molecule has 1 aromatic heterocycles. The normalized spacial score (nSPS) is 10.9. The number of rotatable bonds is 5. The number of aromatic nitrogens is 2. The Morgan fingerprint density at radius 3 is 2.79 bits per heavy atom.